The fourth-order valence-electron chi connectivity index (χ4n) is 3.70. The van der Waals surface area contributed by atoms with Gasteiger partial charge in [-0.25, -0.2) is 4.39 Å². The second-order valence-corrected chi connectivity index (χ2v) is 8.92. The van der Waals surface area contributed by atoms with Gasteiger partial charge in [-0.05, 0) is 41.5 Å². The van der Waals surface area contributed by atoms with Crippen LogP contribution in [-0.2, 0) is 13.2 Å². The molecular weight excluding hydrogens is 475 g/mol. The number of hydrogen-bond acceptors (Lipinski definition) is 3. The predicted octanol–water partition coefficient (Wildman–Crippen LogP) is 5.66. The largest absolute Gasteiger partial charge is 0.488 e. The number of piperazine rings is 1. The lowest BCUT2D eigenvalue weighted by molar-refractivity contribution is 0.177. The molecule has 3 nitrogen and oxygen atoms in total. The van der Waals surface area contributed by atoms with Crippen LogP contribution in [0.1, 0.15) is 16.7 Å². The Morgan fingerprint density at radius 1 is 0.903 bits per heavy atom. The van der Waals surface area contributed by atoms with Gasteiger partial charge in [0.1, 0.15) is 23.2 Å². The van der Waals surface area contributed by atoms with Crippen LogP contribution in [0.15, 0.2) is 77.3 Å². The Kier molecular flexibility index (Phi) is 7.33. The summed E-state index contributed by atoms with van der Waals surface area (Å²) in [6.45, 7) is 4.92. The zero-order chi connectivity index (χ0) is 21.6. The molecule has 1 aliphatic rings. The van der Waals surface area contributed by atoms with E-state index in [0.717, 1.165) is 53.3 Å². The van der Waals surface area contributed by atoms with Crippen LogP contribution in [0.5, 0.6) is 5.75 Å². The standard InChI is InChI=1S/C25H24BrFN2OS/c26-21-9-10-24(30-18-20-7-4-8-22(27)15-20)23(16-21)25(31)29-13-11-28(12-14-29)17-19-5-2-1-3-6-19/h1-10,15-16H,11-14,17-18H2. The second kappa shape index (κ2) is 10.4. The van der Waals surface area contributed by atoms with E-state index in [4.69, 9.17) is 17.0 Å². The number of hydrogen-bond donors (Lipinski definition) is 0. The molecule has 31 heavy (non-hydrogen) atoms. The normalized spacial score (nSPS) is 14.5. The molecule has 0 atom stereocenters. The molecule has 1 aliphatic heterocycles. The van der Waals surface area contributed by atoms with Crippen molar-refractivity contribution >= 4 is 33.1 Å². The maximum Gasteiger partial charge on any atom is 0.130 e. The molecule has 0 aliphatic carbocycles. The summed E-state index contributed by atoms with van der Waals surface area (Å²) in [6, 6.07) is 22.9. The Balaban J connectivity index is 1.40. The Morgan fingerprint density at radius 3 is 2.39 bits per heavy atom. The smallest absolute Gasteiger partial charge is 0.130 e. The highest BCUT2D eigenvalue weighted by molar-refractivity contribution is 9.10. The van der Waals surface area contributed by atoms with E-state index in [-0.39, 0.29) is 5.82 Å². The minimum atomic E-state index is -0.263. The lowest BCUT2D eigenvalue weighted by Crippen LogP contribution is -2.48. The van der Waals surface area contributed by atoms with E-state index in [1.807, 2.05) is 30.3 Å². The van der Waals surface area contributed by atoms with Gasteiger partial charge in [-0.2, -0.15) is 0 Å². The van der Waals surface area contributed by atoms with Crippen molar-refractivity contribution in [3.63, 3.8) is 0 Å². The lowest BCUT2D eigenvalue weighted by Gasteiger charge is -2.36. The monoisotopic (exact) mass is 498 g/mol. The summed E-state index contributed by atoms with van der Waals surface area (Å²) in [5.74, 6) is 0.449. The van der Waals surface area contributed by atoms with Crippen LogP contribution in [-0.4, -0.2) is 41.0 Å². The van der Waals surface area contributed by atoms with Gasteiger partial charge in [-0.15, -0.1) is 0 Å². The minimum Gasteiger partial charge on any atom is -0.488 e. The van der Waals surface area contributed by atoms with Crippen LogP contribution in [0, 0.1) is 5.82 Å². The first-order valence-electron chi connectivity index (χ1n) is 10.3. The molecule has 1 fully saturated rings. The summed E-state index contributed by atoms with van der Waals surface area (Å²) in [5.41, 5.74) is 3.00. The molecule has 0 spiro atoms. The highest BCUT2D eigenvalue weighted by Crippen LogP contribution is 2.27. The van der Waals surface area contributed by atoms with Gasteiger partial charge in [0.05, 0.1) is 5.56 Å². The third-order valence-corrected chi connectivity index (χ3v) is 6.34. The van der Waals surface area contributed by atoms with Crippen molar-refractivity contribution in [2.45, 2.75) is 13.2 Å². The van der Waals surface area contributed by atoms with Crippen LogP contribution in [0.4, 0.5) is 4.39 Å². The Hall–Kier alpha value is -2.28. The predicted molar refractivity (Wildman–Crippen MR) is 130 cm³/mol. The van der Waals surface area contributed by atoms with E-state index in [2.05, 4.69) is 50.0 Å². The highest BCUT2D eigenvalue weighted by Gasteiger charge is 2.22. The van der Waals surface area contributed by atoms with Gasteiger partial charge < -0.3 is 9.64 Å². The Morgan fingerprint density at radius 2 is 1.65 bits per heavy atom. The fourth-order valence-corrected chi connectivity index (χ4v) is 4.41. The van der Waals surface area contributed by atoms with Gasteiger partial charge >= 0.3 is 0 Å². The second-order valence-electron chi connectivity index (χ2n) is 7.61. The van der Waals surface area contributed by atoms with Crippen molar-refractivity contribution < 1.29 is 9.13 Å². The van der Waals surface area contributed by atoms with E-state index in [0.29, 0.717) is 12.4 Å². The summed E-state index contributed by atoms with van der Waals surface area (Å²) >= 11 is 9.40. The molecular formula is C25H24BrFN2OS. The Labute approximate surface area is 196 Å². The van der Waals surface area contributed by atoms with Gasteiger partial charge in [0.25, 0.3) is 0 Å². The number of halogens is 2. The SMILES string of the molecule is Fc1cccc(COc2ccc(Br)cc2C(=S)N2CCN(Cc3ccccc3)CC2)c1. The summed E-state index contributed by atoms with van der Waals surface area (Å²) < 4.78 is 20.5. The molecule has 6 heteroatoms. The van der Waals surface area contributed by atoms with Crippen molar-refractivity contribution in [3.8, 4) is 5.75 Å². The molecule has 0 unspecified atom stereocenters. The minimum absolute atomic E-state index is 0.263. The van der Waals surface area contributed by atoms with Crippen LogP contribution in [0.2, 0.25) is 0 Å². The van der Waals surface area contributed by atoms with Gasteiger partial charge in [0, 0.05) is 37.2 Å². The molecule has 0 aromatic heterocycles. The zero-order valence-electron chi connectivity index (χ0n) is 17.1. The van der Waals surface area contributed by atoms with E-state index < -0.39 is 0 Å². The molecule has 0 bridgehead atoms. The molecule has 0 amide bonds. The molecule has 0 N–H and O–H groups in total. The maximum atomic E-state index is 13.5. The summed E-state index contributed by atoms with van der Waals surface area (Å²) in [6.07, 6.45) is 0. The third kappa shape index (κ3) is 5.91. The number of nitrogens with zero attached hydrogens (tertiary/aromatic N) is 2. The first-order chi connectivity index (χ1) is 15.1. The maximum absolute atomic E-state index is 13.5. The molecule has 160 valence electrons. The first kappa shape index (κ1) is 21.9. The average molecular weight is 499 g/mol. The number of thiocarbonyl (C=S) groups is 1. The van der Waals surface area contributed by atoms with Crippen molar-refractivity contribution in [2.24, 2.45) is 0 Å². The van der Waals surface area contributed by atoms with Crippen LogP contribution >= 0.6 is 28.1 Å². The van der Waals surface area contributed by atoms with Crippen molar-refractivity contribution in [1.82, 2.24) is 9.80 Å². The van der Waals surface area contributed by atoms with E-state index in [9.17, 15) is 4.39 Å². The molecule has 0 radical (unpaired) electrons. The van der Waals surface area contributed by atoms with E-state index >= 15 is 0 Å². The average Bonchev–Trinajstić information content (AvgIpc) is 2.79. The molecule has 3 aromatic carbocycles. The van der Waals surface area contributed by atoms with Crippen LogP contribution in [0.25, 0.3) is 0 Å². The van der Waals surface area contributed by atoms with Crippen LogP contribution < -0.4 is 4.74 Å². The van der Waals surface area contributed by atoms with Gasteiger partial charge in [-0.3, -0.25) is 4.90 Å². The summed E-state index contributed by atoms with van der Waals surface area (Å²) in [4.78, 5) is 5.49. The molecule has 1 saturated heterocycles. The highest BCUT2D eigenvalue weighted by atomic mass is 79.9. The third-order valence-electron chi connectivity index (χ3n) is 5.36. The van der Waals surface area contributed by atoms with Gasteiger partial charge in [0.15, 0.2) is 0 Å². The summed E-state index contributed by atoms with van der Waals surface area (Å²) in [5, 5.41) is 0. The molecule has 4 rings (SSSR count). The van der Waals surface area contributed by atoms with E-state index in [1.165, 1.54) is 17.7 Å². The van der Waals surface area contributed by atoms with Crippen LogP contribution in [0.3, 0.4) is 0 Å². The molecule has 0 saturated carbocycles. The van der Waals surface area contributed by atoms with E-state index in [1.54, 1.807) is 6.07 Å². The number of benzene rings is 3. The number of ether oxygens (including phenoxy) is 1. The first-order valence-corrected chi connectivity index (χ1v) is 11.5. The molecule has 1 heterocycles. The zero-order valence-corrected chi connectivity index (χ0v) is 19.5. The quantitative estimate of drug-likeness (QED) is 0.407. The van der Waals surface area contributed by atoms with Crippen molar-refractivity contribution in [2.75, 3.05) is 26.2 Å². The van der Waals surface area contributed by atoms with Crippen molar-refractivity contribution in [1.29, 1.82) is 0 Å². The van der Waals surface area contributed by atoms with Gasteiger partial charge in [-0.1, -0.05) is 70.6 Å². The van der Waals surface area contributed by atoms with Crippen molar-refractivity contribution in [3.05, 3.63) is 99.8 Å². The summed E-state index contributed by atoms with van der Waals surface area (Å²) in [7, 11) is 0. The van der Waals surface area contributed by atoms with Gasteiger partial charge in [0.2, 0.25) is 0 Å². The number of rotatable bonds is 6. The molecule has 3 aromatic rings. The lowest BCUT2D eigenvalue weighted by atomic mass is 10.1. The Bertz CT molecular complexity index is 1040. The fraction of sp³-hybridized carbons (Fsp3) is 0.240. The topological polar surface area (TPSA) is 15.7 Å².